The summed E-state index contributed by atoms with van der Waals surface area (Å²) in [6.07, 6.45) is 5.91. The second-order valence-corrected chi connectivity index (χ2v) is 6.58. The fraction of sp³-hybridized carbons (Fsp3) is 0.600. The molecule has 106 valence electrons. The van der Waals surface area contributed by atoms with Gasteiger partial charge in [0.25, 0.3) is 0 Å². The number of ether oxygens (including phenoxy) is 1. The summed E-state index contributed by atoms with van der Waals surface area (Å²) < 4.78 is 5.75. The molecule has 3 heterocycles. The quantitative estimate of drug-likeness (QED) is 0.940. The van der Waals surface area contributed by atoms with Crippen LogP contribution >= 0.6 is 11.3 Å². The van der Waals surface area contributed by atoms with E-state index in [1.54, 1.807) is 0 Å². The van der Waals surface area contributed by atoms with Crippen LogP contribution in [0, 0.1) is 0 Å². The molecule has 2 aromatic heterocycles. The Morgan fingerprint density at radius 2 is 2.25 bits per heavy atom. The largest absolute Gasteiger partial charge is 0.370 e. The van der Waals surface area contributed by atoms with Crippen LogP contribution in [0.4, 0.5) is 5.82 Å². The van der Waals surface area contributed by atoms with Gasteiger partial charge in [-0.2, -0.15) is 0 Å². The van der Waals surface area contributed by atoms with Gasteiger partial charge in [0.15, 0.2) is 5.82 Å². The highest BCUT2D eigenvalue weighted by Gasteiger charge is 2.26. The summed E-state index contributed by atoms with van der Waals surface area (Å²) in [4.78, 5) is 12.2. The first-order chi connectivity index (χ1) is 9.86. The first-order valence-corrected chi connectivity index (χ1v) is 8.36. The minimum Gasteiger partial charge on any atom is -0.370 e. The molecule has 0 radical (unpaired) electrons. The van der Waals surface area contributed by atoms with E-state index in [2.05, 4.69) is 12.2 Å². The highest BCUT2D eigenvalue weighted by molar-refractivity contribution is 7.19. The summed E-state index contributed by atoms with van der Waals surface area (Å²) in [6, 6.07) is 0. The number of hydrogen-bond donors (Lipinski definition) is 1. The summed E-state index contributed by atoms with van der Waals surface area (Å²) in [7, 11) is 0. The molecule has 0 saturated carbocycles. The zero-order chi connectivity index (χ0) is 13.5. The predicted molar refractivity (Wildman–Crippen MR) is 81.5 cm³/mol. The zero-order valence-corrected chi connectivity index (χ0v) is 12.6. The Kier molecular flexibility index (Phi) is 3.11. The molecule has 5 heteroatoms. The molecule has 1 atom stereocenters. The van der Waals surface area contributed by atoms with Gasteiger partial charge in [-0.25, -0.2) is 9.97 Å². The molecule has 1 fully saturated rings. The van der Waals surface area contributed by atoms with Crippen molar-refractivity contribution in [3.8, 4) is 0 Å². The minimum atomic E-state index is 0.0914. The topological polar surface area (TPSA) is 47.0 Å². The maximum atomic E-state index is 5.75. The molecule has 0 bridgehead atoms. The van der Waals surface area contributed by atoms with Crippen LogP contribution in [0.15, 0.2) is 0 Å². The molecule has 0 spiro atoms. The van der Waals surface area contributed by atoms with Crippen molar-refractivity contribution >= 4 is 27.4 Å². The van der Waals surface area contributed by atoms with Gasteiger partial charge >= 0.3 is 0 Å². The number of hydrogen-bond acceptors (Lipinski definition) is 5. The van der Waals surface area contributed by atoms with Crippen LogP contribution in [-0.2, 0) is 17.6 Å². The van der Waals surface area contributed by atoms with Crippen molar-refractivity contribution in [1.82, 2.24) is 9.97 Å². The molecule has 2 aliphatic rings. The molecule has 20 heavy (non-hydrogen) atoms. The lowest BCUT2D eigenvalue weighted by atomic mass is 10.1. The summed E-state index contributed by atoms with van der Waals surface area (Å²) >= 11 is 1.85. The fourth-order valence-corrected chi connectivity index (χ4v) is 4.50. The van der Waals surface area contributed by atoms with Crippen molar-refractivity contribution in [2.75, 3.05) is 18.5 Å². The van der Waals surface area contributed by atoms with Crippen LogP contribution in [0.25, 0.3) is 10.2 Å². The Morgan fingerprint density at radius 3 is 3.05 bits per heavy atom. The fourth-order valence-electron chi connectivity index (χ4n) is 3.23. The summed E-state index contributed by atoms with van der Waals surface area (Å²) in [5.41, 5.74) is 1.49. The normalized spacial score (nSPS) is 21.6. The lowest BCUT2D eigenvalue weighted by Gasteiger charge is -2.12. The highest BCUT2D eigenvalue weighted by Crippen LogP contribution is 2.40. The van der Waals surface area contributed by atoms with E-state index in [0.29, 0.717) is 0 Å². The van der Waals surface area contributed by atoms with Gasteiger partial charge in [0.1, 0.15) is 16.8 Å². The third-order valence-electron chi connectivity index (χ3n) is 4.14. The minimum absolute atomic E-state index is 0.0914. The van der Waals surface area contributed by atoms with E-state index in [4.69, 9.17) is 14.7 Å². The van der Waals surface area contributed by atoms with E-state index >= 15 is 0 Å². The Bertz CT molecular complexity index is 646. The first kappa shape index (κ1) is 12.5. The highest BCUT2D eigenvalue weighted by atomic mass is 32.1. The Labute approximate surface area is 122 Å². The monoisotopic (exact) mass is 289 g/mol. The number of rotatable bonds is 3. The first-order valence-electron chi connectivity index (χ1n) is 7.54. The van der Waals surface area contributed by atoms with Gasteiger partial charge in [-0.15, -0.1) is 11.3 Å². The number of aryl methyl sites for hydroxylation is 2. The molecule has 4 rings (SSSR count). The van der Waals surface area contributed by atoms with Crippen molar-refractivity contribution in [3.05, 3.63) is 16.3 Å². The van der Waals surface area contributed by atoms with Gasteiger partial charge in [-0.05, 0) is 44.6 Å². The third kappa shape index (κ3) is 1.91. The Hall–Kier alpha value is -1.20. The van der Waals surface area contributed by atoms with Crippen molar-refractivity contribution in [2.45, 2.75) is 45.1 Å². The zero-order valence-electron chi connectivity index (χ0n) is 11.7. The van der Waals surface area contributed by atoms with Crippen molar-refractivity contribution in [2.24, 2.45) is 0 Å². The average Bonchev–Trinajstić information content (AvgIpc) is 3.15. The van der Waals surface area contributed by atoms with Gasteiger partial charge in [0.05, 0.1) is 5.39 Å². The molecule has 1 saturated heterocycles. The molecular formula is C15H19N3OS. The molecule has 1 aliphatic heterocycles. The average molecular weight is 289 g/mol. The third-order valence-corrected chi connectivity index (χ3v) is 5.33. The number of thiophene rings is 1. The van der Waals surface area contributed by atoms with Crippen molar-refractivity contribution in [1.29, 1.82) is 0 Å². The standard InChI is InChI=1S/C15H19N3OS/c1-2-16-14-12-9-5-3-7-11(9)20-15(12)18-13(17-14)10-6-4-8-19-10/h10H,2-8H2,1H3,(H,16,17,18). The summed E-state index contributed by atoms with van der Waals surface area (Å²) in [5.74, 6) is 1.88. The lowest BCUT2D eigenvalue weighted by molar-refractivity contribution is 0.105. The Morgan fingerprint density at radius 1 is 1.30 bits per heavy atom. The second-order valence-electron chi connectivity index (χ2n) is 5.50. The molecule has 1 aliphatic carbocycles. The van der Waals surface area contributed by atoms with Crippen LogP contribution in [0.1, 0.15) is 48.6 Å². The molecule has 0 amide bonds. The van der Waals surface area contributed by atoms with Gasteiger partial charge in [0, 0.05) is 18.0 Å². The number of nitrogens with one attached hydrogen (secondary N) is 1. The van der Waals surface area contributed by atoms with Crippen LogP contribution in [0.3, 0.4) is 0 Å². The van der Waals surface area contributed by atoms with E-state index in [9.17, 15) is 0 Å². The van der Waals surface area contributed by atoms with Crippen LogP contribution in [0.2, 0.25) is 0 Å². The molecule has 0 aromatic carbocycles. The smallest absolute Gasteiger partial charge is 0.161 e. The summed E-state index contributed by atoms with van der Waals surface area (Å²) in [6.45, 7) is 3.84. The van der Waals surface area contributed by atoms with Crippen LogP contribution in [-0.4, -0.2) is 23.1 Å². The van der Waals surface area contributed by atoms with Gasteiger partial charge in [-0.3, -0.25) is 0 Å². The van der Waals surface area contributed by atoms with E-state index in [-0.39, 0.29) is 6.10 Å². The van der Waals surface area contributed by atoms with E-state index in [1.807, 2.05) is 11.3 Å². The number of nitrogens with zero attached hydrogens (tertiary/aromatic N) is 2. The molecule has 1 unspecified atom stereocenters. The van der Waals surface area contributed by atoms with Gasteiger partial charge < -0.3 is 10.1 Å². The van der Waals surface area contributed by atoms with E-state index in [1.165, 1.54) is 35.1 Å². The molecule has 1 N–H and O–H groups in total. The number of fused-ring (bicyclic) bond motifs is 3. The van der Waals surface area contributed by atoms with E-state index in [0.717, 1.165) is 42.5 Å². The van der Waals surface area contributed by atoms with Gasteiger partial charge in [-0.1, -0.05) is 0 Å². The maximum Gasteiger partial charge on any atom is 0.161 e. The van der Waals surface area contributed by atoms with Crippen molar-refractivity contribution < 1.29 is 4.74 Å². The number of anilines is 1. The van der Waals surface area contributed by atoms with Crippen LogP contribution < -0.4 is 5.32 Å². The SMILES string of the molecule is CCNc1nc(C2CCCO2)nc2sc3c(c12)CCC3. The maximum absolute atomic E-state index is 5.75. The molecular weight excluding hydrogens is 270 g/mol. The van der Waals surface area contributed by atoms with E-state index < -0.39 is 0 Å². The second kappa shape index (κ2) is 4.97. The predicted octanol–water partition coefficient (Wildman–Crippen LogP) is 3.46. The number of aromatic nitrogens is 2. The lowest BCUT2D eigenvalue weighted by Crippen LogP contribution is -2.08. The molecule has 4 nitrogen and oxygen atoms in total. The van der Waals surface area contributed by atoms with Crippen molar-refractivity contribution in [3.63, 3.8) is 0 Å². The Balaban J connectivity index is 1.87. The van der Waals surface area contributed by atoms with Crippen LogP contribution in [0.5, 0.6) is 0 Å². The molecule has 2 aromatic rings. The summed E-state index contributed by atoms with van der Waals surface area (Å²) in [5, 5.41) is 4.70. The van der Waals surface area contributed by atoms with Gasteiger partial charge in [0.2, 0.25) is 0 Å².